The average molecular weight is 363 g/mol. The first-order valence-corrected chi connectivity index (χ1v) is 8.08. The minimum Gasteiger partial charge on any atom is -0.299 e. The molecule has 0 fully saturated rings. The molecule has 1 atom stereocenters. The number of hydrogen-bond donors (Lipinski definition) is 3. The van der Waals surface area contributed by atoms with Gasteiger partial charge < -0.3 is 0 Å². The molecular formula is C17H14Cl2N3O2+. The van der Waals surface area contributed by atoms with E-state index in [1.165, 1.54) is 0 Å². The van der Waals surface area contributed by atoms with Crippen molar-refractivity contribution < 1.29 is 14.6 Å². The summed E-state index contributed by atoms with van der Waals surface area (Å²) in [6.45, 7) is 0. The highest BCUT2D eigenvalue weighted by Gasteiger charge is 2.56. The van der Waals surface area contributed by atoms with E-state index in [1.54, 1.807) is 30.3 Å². The zero-order valence-electron chi connectivity index (χ0n) is 12.4. The highest BCUT2D eigenvalue weighted by molar-refractivity contribution is 6.46. The van der Waals surface area contributed by atoms with Gasteiger partial charge in [-0.05, 0) is 24.3 Å². The van der Waals surface area contributed by atoms with Crippen LogP contribution in [0.3, 0.4) is 0 Å². The molecule has 0 aliphatic carbocycles. The Balaban J connectivity index is 1.95. The lowest BCUT2D eigenvalue weighted by molar-refractivity contribution is -0.529. The van der Waals surface area contributed by atoms with E-state index in [0.717, 1.165) is 5.56 Å². The Morgan fingerprint density at radius 3 is 2.21 bits per heavy atom. The van der Waals surface area contributed by atoms with Crippen molar-refractivity contribution in [1.29, 1.82) is 0 Å². The molecule has 0 unspecified atom stereocenters. The van der Waals surface area contributed by atoms with Crippen molar-refractivity contribution in [3.8, 4) is 0 Å². The lowest BCUT2D eigenvalue weighted by Crippen LogP contribution is -2.94. The number of amides is 2. The van der Waals surface area contributed by atoms with E-state index in [4.69, 9.17) is 23.2 Å². The number of rotatable bonds is 4. The van der Waals surface area contributed by atoms with Crippen molar-refractivity contribution in [2.45, 2.75) is 10.5 Å². The first kappa shape index (κ1) is 16.5. The van der Waals surface area contributed by atoms with Crippen LogP contribution in [0.5, 0.6) is 0 Å². The maximum Gasteiger partial charge on any atom is 0.380 e. The third-order valence-electron chi connectivity index (χ3n) is 3.66. The van der Waals surface area contributed by atoms with Crippen LogP contribution in [-0.4, -0.2) is 28.1 Å². The molecule has 24 heavy (non-hydrogen) atoms. The summed E-state index contributed by atoms with van der Waals surface area (Å²) in [4.78, 5) is 26.7. The monoisotopic (exact) mass is 362 g/mol. The fraction of sp³-hybridized carbons (Fsp3) is 0.118. The summed E-state index contributed by atoms with van der Waals surface area (Å²) in [6.07, 6.45) is 0. The van der Waals surface area contributed by atoms with E-state index in [0.29, 0.717) is 11.4 Å². The molecule has 1 heterocycles. The van der Waals surface area contributed by atoms with Gasteiger partial charge in [-0.15, -0.1) is 0 Å². The third kappa shape index (κ3) is 3.00. The maximum absolute atomic E-state index is 12.5. The Kier molecular flexibility index (Phi) is 4.55. The van der Waals surface area contributed by atoms with Crippen LogP contribution >= 0.6 is 23.2 Å². The van der Waals surface area contributed by atoms with Crippen molar-refractivity contribution in [3.63, 3.8) is 0 Å². The van der Waals surface area contributed by atoms with E-state index in [2.05, 4.69) is 15.6 Å². The van der Waals surface area contributed by atoms with Gasteiger partial charge in [-0.3, -0.25) is 10.1 Å². The lowest BCUT2D eigenvalue weighted by Gasteiger charge is -2.22. The van der Waals surface area contributed by atoms with Gasteiger partial charge in [0.05, 0.1) is 5.56 Å². The van der Waals surface area contributed by atoms with Gasteiger partial charge >= 0.3 is 11.6 Å². The number of carbonyl (C=O) groups excluding carboxylic acids is 2. The van der Waals surface area contributed by atoms with Crippen LogP contribution in [0.2, 0.25) is 0 Å². The molecule has 7 heteroatoms. The molecule has 0 aromatic heterocycles. The third-order valence-corrected chi connectivity index (χ3v) is 4.31. The largest absolute Gasteiger partial charge is 0.380 e. The van der Waals surface area contributed by atoms with Crippen molar-refractivity contribution in [2.24, 2.45) is 0 Å². The molecule has 1 aliphatic rings. The van der Waals surface area contributed by atoms with Crippen molar-refractivity contribution in [2.75, 3.05) is 0 Å². The Bertz CT molecular complexity index is 794. The fourth-order valence-corrected chi connectivity index (χ4v) is 2.80. The van der Waals surface area contributed by atoms with Gasteiger partial charge in [0.2, 0.25) is 0 Å². The predicted octanol–water partition coefficient (Wildman–Crippen LogP) is 0.574. The first-order chi connectivity index (χ1) is 11.5. The van der Waals surface area contributed by atoms with Gasteiger partial charge in [0.1, 0.15) is 0 Å². The molecule has 2 aromatic carbocycles. The summed E-state index contributed by atoms with van der Waals surface area (Å²) < 4.78 is 0. The highest BCUT2D eigenvalue weighted by atomic mass is 35.5. The van der Waals surface area contributed by atoms with Crippen LogP contribution < -0.4 is 15.6 Å². The van der Waals surface area contributed by atoms with Crippen LogP contribution in [0, 0.1) is 0 Å². The van der Waals surface area contributed by atoms with Gasteiger partial charge in [-0.1, -0.05) is 59.6 Å². The van der Waals surface area contributed by atoms with Crippen LogP contribution in [-0.2, 0) is 4.79 Å². The zero-order chi connectivity index (χ0) is 17.2. The van der Waals surface area contributed by atoms with Crippen molar-refractivity contribution in [3.05, 3.63) is 71.8 Å². The van der Waals surface area contributed by atoms with E-state index >= 15 is 0 Å². The van der Waals surface area contributed by atoms with Crippen LogP contribution in [0.15, 0.2) is 60.7 Å². The quantitative estimate of drug-likeness (QED) is 0.696. The topological polar surface area (TPSA) is 72.2 Å². The molecule has 0 saturated carbocycles. The Morgan fingerprint density at radius 1 is 1.04 bits per heavy atom. The molecule has 0 saturated heterocycles. The second kappa shape index (κ2) is 6.63. The van der Waals surface area contributed by atoms with Gasteiger partial charge in [-0.25, -0.2) is 15.1 Å². The molecular weight excluding hydrogens is 349 g/mol. The normalized spacial score (nSPS) is 19.8. The van der Waals surface area contributed by atoms with Crippen LogP contribution in [0.4, 0.5) is 0 Å². The number of hydrogen-bond acceptors (Lipinski definition) is 2. The minimum absolute atomic E-state index is 0.397. The molecule has 2 amide bonds. The Morgan fingerprint density at radius 2 is 1.62 bits per heavy atom. The fourth-order valence-electron chi connectivity index (χ4n) is 2.38. The summed E-state index contributed by atoms with van der Waals surface area (Å²) in [5.41, 5.74) is -0.509. The predicted molar refractivity (Wildman–Crippen MR) is 91.8 cm³/mol. The summed E-state index contributed by atoms with van der Waals surface area (Å²) in [5.74, 6) is -0.556. The molecule has 0 radical (unpaired) electrons. The second-order valence-corrected chi connectivity index (χ2v) is 6.35. The summed E-state index contributed by atoms with van der Waals surface area (Å²) in [5, 5.41) is 5.29. The molecule has 3 N–H and O–H groups in total. The minimum atomic E-state index is -1.65. The number of benzene rings is 2. The van der Waals surface area contributed by atoms with Gasteiger partial charge in [0, 0.05) is 5.56 Å². The number of nitrogens with one attached hydrogen (secondary N) is 3. The molecule has 1 aliphatic heterocycles. The lowest BCUT2D eigenvalue weighted by atomic mass is 10.1. The first-order valence-electron chi connectivity index (χ1n) is 7.20. The van der Waals surface area contributed by atoms with Gasteiger partial charge in [0.15, 0.2) is 4.84 Å². The second-order valence-electron chi connectivity index (χ2n) is 5.25. The smallest absolute Gasteiger partial charge is 0.299 e. The number of halogens is 2. The standard InChI is InChI=1S/C17H13Cl2N3O2/c18-15(19)17(22-14(23)12-9-5-2-6-10-12)16(24)20-13(21-17)11-7-3-1-4-8-11/h1-10,15H,(H,22,23)(H,20,21,24)/p+1/t17-/m1/s1. The summed E-state index contributed by atoms with van der Waals surface area (Å²) >= 11 is 12.1. The number of carbonyl (C=O) groups is 2. The van der Waals surface area contributed by atoms with Crippen LogP contribution in [0.25, 0.3) is 0 Å². The van der Waals surface area contributed by atoms with E-state index in [-0.39, 0.29) is 0 Å². The molecule has 3 rings (SSSR count). The molecule has 0 bridgehead atoms. The van der Waals surface area contributed by atoms with E-state index < -0.39 is 22.3 Å². The van der Waals surface area contributed by atoms with Crippen molar-refractivity contribution in [1.82, 2.24) is 10.6 Å². The molecule has 0 spiro atoms. The summed E-state index contributed by atoms with van der Waals surface area (Å²) in [7, 11) is 0. The Hall–Kier alpha value is -2.37. The zero-order valence-corrected chi connectivity index (χ0v) is 13.9. The molecule has 5 nitrogen and oxygen atoms in total. The maximum atomic E-state index is 12.5. The van der Waals surface area contributed by atoms with Crippen molar-refractivity contribution >= 4 is 40.9 Å². The molecule has 2 aromatic rings. The summed E-state index contributed by atoms with van der Waals surface area (Å²) in [6, 6.07) is 17.7. The highest BCUT2D eigenvalue weighted by Crippen LogP contribution is 2.17. The SMILES string of the molecule is O=C(N[C@@]1(C(Cl)Cl)[NH+]=C(c2ccccc2)NC1=O)c1ccccc1. The van der Waals surface area contributed by atoms with E-state index in [1.807, 2.05) is 30.3 Å². The van der Waals surface area contributed by atoms with Gasteiger partial charge in [-0.2, -0.15) is 0 Å². The van der Waals surface area contributed by atoms with E-state index in [9.17, 15) is 9.59 Å². The Labute approximate surface area is 148 Å². The average Bonchev–Trinajstić information content (AvgIpc) is 2.94. The van der Waals surface area contributed by atoms with Gasteiger partial charge in [0.25, 0.3) is 11.7 Å². The number of amidine groups is 1. The molecule has 122 valence electrons. The van der Waals surface area contributed by atoms with Crippen LogP contribution in [0.1, 0.15) is 15.9 Å². The number of alkyl halides is 2.